The van der Waals surface area contributed by atoms with Crippen LogP contribution in [-0.2, 0) is 22.4 Å². The number of ether oxygens (including phenoxy) is 1. The van der Waals surface area contributed by atoms with Crippen LogP contribution in [0.2, 0.25) is 0 Å². The maximum atomic E-state index is 14.2. The highest BCUT2D eigenvalue weighted by atomic mass is 19.2. The lowest BCUT2D eigenvalue weighted by Gasteiger charge is -2.32. The van der Waals surface area contributed by atoms with Gasteiger partial charge < -0.3 is 38.3 Å². The van der Waals surface area contributed by atoms with Gasteiger partial charge in [-0.25, -0.2) is 54.8 Å². The largest absolute Gasteiger partial charge is 0.508 e. The van der Waals surface area contributed by atoms with Gasteiger partial charge in [0.2, 0.25) is 0 Å². The first-order valence-electron chi connectivity index (χ1n) is 31.1. The Morgan fingerprint density at radius 3 is 1.28 bits per heavy atom. The fourth-order valence-corrected chi connectivity index (χ4v) is 10.9. The molecule has 0 radical (unpaired) electrons. The van der Waals surface area contributed by atoms with Gasteiger partial charge in [0, 0.05) is 107 Å². The molecule has 21 nitrogen and oxygen atoms in total. The van der Waals surface area contributed by atoms with Crippen LogP contribution in [0.15, 0.2) is 229 Å². The maximum Gasteiger partial charge on any atom is 0.494 e. The zero-order chi connectivity index (χ0) is 70.9. The molecule has 0 spiro atoms. The quantitative estimate of drug-likeness (QED) is 0.0804. The average Bonchev–Trinajstić information content (AvgIpc) is 1.69. The fraction of sp³-hybridized carbons (Fsp3) is 0.111. The predicted octanol–water partition coefficient (Wildman–Crippen LogP) is 10.7. The zero-order valence-electron chi connectivity index (χ0n) is 53.8. The molecule has 29 heteroatoms. The number of hydrogen-bond donors (Lipinski definition) is 3. The zero-order valence-corrected chi connectivity index (χ0v) is 53.8. The lowest BCUT2D eigenvalue weighted by atomic mass is 9.79. The van der Waals surface area contributed by atoms with Crippen LogP contribution in [-0.4, -0.2) is 103 Å². The van der Waals surface area contributed by atoms with Crippen LogP contribution in [0, 0.1) is 34.9 Å². The molecule has 15 aromatic rings. The van der Waals surface area contributed by atoms with Gasteiger partial charge in [-0.3, -0.25) is 9.59 Å². The van der Waals surface area contributed by atoms with Crippen molar-refractivity contribution in [2.45, 2.75) is 52.0 Å². The summed E-state index contributed by atoms with van der Waals surface area (Å²) < 4.78 is 108. The molecule has 16 rings (SSSR count). The number of phenolic OH excluding ortho intramolecular Hbond substituents is 1. The van der Waals surface area contributed by atoms with Crippen molar-refractivity contribution in [2.24, 2.45) is 0 Å². The Morgan fingerprint density at radius 1 is 0.475 bits per heavy atom. The van der Waals surface area contributed by atoms with Gasteiger partial charge in [0.05, 0.1) is 75.8 Å². The van der Waals surface area contributed by atoms with Crippen LogP contribution >= 0.6 is 0 Å². The van der Waals surface area contributed by atoms with Crippen molar-refractivity contribution in [3.05, 3.63) is 286 Å². The third-order valence-corrected chi connectivity index (χ3v) is 16.9. The molecule has 1 aliphatic heterocycles. The van der Waals surface area contributed by atoms with Crippen LogP contribution in [0.4, 0.5) is 26.3 Å². The summed E-state index contributed by atoms with van der Waals surface area (Å²) in [7, 11) is -1.78. The summed E-state index contributed by atoms with van der Waals surface area (Å²) in [6.45, 7) is 7.70. The van der Waals surface area contributed by atoms with E-state index in [9.17, 15) is 41.0 Å². The van der Waals surface area contributed by atoms with E-state index in [4.69, 9.17) is 24.1 Å². The summed E-state index contributed by atoms with van der Waals surface area (Å²) in [5.74, 6) is -5.31. The molecular weight excluding hydrogens is 1310 g/mol. The number of halogens is 6. The molecule has 1 aliphatic rings. The maximum absolute atomic E-state index is 14.2. The van der Waals surface area contributed by atoms with Crippen molar-refractivity contribution in [3.8, 4) is 51.0 Å². The van der Waals surface area contributed by atoms with Crippen LogP contribution in [0.5, 0.6) is 17.2 Å². The Morgan fingerprint density at radius 2 is 0.861 bits per heavy atom. The predicted molar refractivity (Wildman–Crippen MR) is 365 cm³/mol. The van der Waals surface area contributed by atoms with E-state index in [-0.39, 0.29) is 59.1 Å². The van der Waals surface area contributed by atoms with Crippen LogP contribution in [0.1, 0.15) is 38.8 Å². The Hall–Kier alpha value is -12.2. The van der Waals surface area contributed by atoms with Crippen molar-refractivity contribution in [1.82, 2.24) is 62.9 Å². The number of hydrogen-bond acceptors (Lipinski definition) is 16. The summed E-state index contributed by atoms with van der Waals surface area (Å²) in [6, 6.07) is 44.7. The second-order valence-corrected chi connectivity index (χ2v) is 24.1. The van der Waals surface area contributed by atoms with Crippen molar-refractivity contribution < 1.29 is 55.5 Å². The highest BCUT2D eigenvalue weighted by molar-refractivity contribution is 6.62. The Bertz CT molecular complexity index is 5540. The van der Waals surface area contributed by atoms with E-state index in [0.29, 0.717) is 52.3 Å². The van der Waals surface area contributed by atoms with Gasteiger partial charge in [0.1, 0.15) is 52.2 Å². The minimum absolute atomic E-state index is 0.116. The van der Waals surface area contributed by atoms with Crippen LogP contribution in [0.25, 0.3) is 72.5 Å². The third-order valence-electron chi connectivity index (χ3n) is 16.9. The topological polar surface area (TPSA) is 249 Å². The first-order chi connectivity index (χ1) is 48.5. The normalized spacial score (nSPS) is 13.0. The Labute approximate surface area is 569 Å². The van der Waals surface area contributed by atoms with E-state index in [1.165, 1.54) is 39.7 Å². The van der Waals surface area contributed by atoms with Gasteiger partial charge in [0.25, 0.3) is 11.1 Å². The second-order valence-electron chi connectivity index (χ2n) is 24.1. The lowest BCUT2D eigenvalue weighted by Crippen LogP contribution is -2.41. The average molecular weight is 1370 g/mol. The van der Waals surface area contributed by atoms with Crippen molar-refractivity contribution >= 4 is 63.9 Å². The molecule has 101 heavy (non-hydrogen) atoms. The summed E-state index contributed by atoms with van der Waals surface area (Å²) in [6.07, 6.45) is 13.1. The van der Waals surface area contributed by atoms with Gasteiger partial charge >= 0.3 is 14.2 Å². The number of fused-ring (bicyclic) bond motifs is 5. The number of phenols is 1. The van der Waals surface area contributed by atoms with E-state index in [1.54, 1.807) is 86.7 Å². The van der Waals surface area contributed by atoms with E-state index >= 15 is 0 Å². The molecule has 0 unspecified atom stereocenters. The van der Waals surface area contributed by atoms with Crippen molar-refractivity contribution in [1.29, 1.82) is 0 Å². The number of nitrogens with zero attached hydrogens (tertiary/aromatic N) is 13. The van der Waals surface area contributed by atoms with Crippen molar-refractivity contribution in [2.75, 3.05) is 0 Å². The van der Waals surface area contributed by atoms with Gasteiger partial charge in [-0.2, -0.15) is 25.3 Å². The Kier molecular flexibility index (Phi) is 18.7. The van der Waals surface area contributed by atoms with Gasteiger partial charge in [0.15, 0.2) is 16.9 Å². The highest BCUT2D eigenvalue weighted by Gasteiger charge is 2.51. The van der Waals surface area contributed by atoms with Gasteiger partial charge in [-0.15, -0.1) is 0 Å². The van der Waals surface area contributed by atoms with Gasteiger partial charge in [-0.1, -0.05) is 48.5 Å². The minimum atomic E-state index is -1.44. The third kappa shape index (κ3) is 14.7. The summed E-state index contributed by atoms with van der Waals surface area (Å²) in [4.78, 5) is 44.3. The SMILES string of the molecule is CC1(C)OB(c2ccc(-c3cc4ncccn4n3)cc2)OC1(C)C.O=c1ncn(Cc2c(F)cc(F)cc2F)c2ccc(O)cc12.O=c1ncn(Cc2c(F)cc(F)cc2F)c2ccc(Oc3ccc(-c4cc5ncccn5n4)cc3)cc12.OB(O)c1ccc(-c2cc3ncccn3n2)cc1. The van der Waals surface area contributed by atoms with Crippen LogP contribution in [0.3, 0.4) is 0 Å². The first kappa shape index (κ1) is 67.4. The molecule has 1 fully saturated rings. The molecule has 0 atom stereocenters. The van der Waals surface area contributed by atoms with E-state index in [1.807, 2.05) is 85.3 Å². The standard InChI is InChI=1S/C27H16F3N5O2.C18H20BN3O2.C15H9F3N2O2.C12H10BN3O2/c28-17-10-22(29)21(23(30)11-17)14-34-15-32-27(36)20-12-19(6-7-25(20)34)37-18-4-2-16(3-5-18)24-13-26-31-8-1-9-35(26)33-24;1-17(2)18(3,4)24-19(23-17)14-8-6-13(7-9-14)15-12-16-20-10-5-11-22(16)21-15;16-8-3-12(17)11(13(18)4-8)6-20-7-19-15(22)10-5-9(21)1-2-14(10)20;17-13(18)10-4-2-9(3-5-10)11-8-12-14-6-1-7-16(12)15-11/h1-13,15H,14H2;5-12H,1-4H3;1-5,7,21H,6H2;1-8,17-18H. The van der Waals surface area contributed by atoms with Crippen LogP contribution < -0.4 is 26.8 Å². The molecule has 0 aliphatic carbocycles. The monoisotopic (exact) mass is 1370 g/mol. The molecule has 3 N–H and O–H groups in total. The summed E-state index contributed by atoms with van der Waals surface area (Å²) in [5.41, 5.74) is 7.41. The molecule has 504 valence electrons. The first-order valence-corrected chi connectivity index (χ1v) is 31.1. The fourth-order valence-electron chi connectivity index (χ4n) is 10.9. The molecule has 0 amide bonds. The van der Waals surface area contributed by atoms with Crippen molar-refractivity contribution in [3.63, 3.8) is 0 Å². The molecule has 8 aromatic heterocycles. The molecule has 9 heterocycles. The smallest absolute Gasteiger partial charge is 0.494 e. The highest BCUT2D eigenvalue weighted by Crippen LogP contribution is 2.37. The summed E-state index contributed by atoms with van der Waals surface area (Å²) in [5, 5.41) is 41.2. The number of benzene rings is 7. The van der Waals surface area contributed by atoms with E-state index in [0.717, 1.165) is 62.5 Å². The Balaban J connectivity index is 0.000000125. The van der Waals surface area contributed by atoms with Gasteiger partial charge in [-0.05, 0) is 117 Å². The number of aromatic nitrogens is 13. The molecule has 1 saturated heterocycles. The molecule has 0 saturated carbocycles. The van der Waals surface area contributed by atoms with E-state index in [2.05, 4.69) is 67.9 Å². The van der Waals surface area contributed by atoms with E-state index < -0.39 is 53.1 Å². The molecular formula is C72H55B2F6N13O8. The summed E-state index contributed by atoms with van der Waals surface area (Å²) >= 11 is 0. The lowest BCUT2D eigenvalue weighted by molar-refractivity contribution is 0.00578. The number of aromatic hydroxyl groups is 1. The molecule has 0 bridgehead atoms. The second kappa shape index (κ2) is 28.0. The number of rotatable bonds is 11. The minimum Gasteiger partial charge on any atom is -0.508 e. The molecule has 7 aromatic carbocycles.